The summed E-state index contributed by atoms with van der Waals surface area (Å²) in [5.74, 6) is 0. The molecule has 15 heavy (non-hydrogen) atoms. The Morgan fingerprint density at radius 1 is 0.867 bits per heavy atom. The zero-order chi connectivity index (χ0) is 11.7. The predicted octanol–water partition coefficient (Wildman–Crippen LogP) is 4.82. The molecule has 0 aromatic carbocycles. The minimum absolute atomic E-state index is 0.119. The predicted molar refractivity (Wildman–Crippen MR) is 68.9 cm³/mol. The van der Waals surface area contributed by atoms with E-state index in [1.165, 1.54) is 44.9 Å². The van der Waals surface area contributed by atoms with Gasteiger partial charge in [0, 0.05) is 6.04 Å². The molecule has 0 aliphatic carbocycles. The Morgan fingerprint density at radius 3 is 1.80 bits per heavy atom. The molecule has 0 saturated heterocycles. The fraction of sp³-hybridized carbons (Fsp3) is 1.00. The molecule has 0 rings (SSSR count). The van der Waals surface area contributed by atoms with Crippen LogP contribution in [-0.4, -0.2) is 6.04 Å². The van der Waals surface area contributed by atoms with Gasteiger partial charge in [-0.15, -0.1) is 0 Å². The lowest BCUT2D eigenvalue weighted by atomic mass is 9.84. The third-order valence-electron chi connectivity index (χ3n) is 3.14. The van der Waals surface area contributed by atoms with E-state index in [-0.39, 0.29) is 11.5 Å². The van der Waals surface area contributed by atoms with Gasteiger partial charge in [0.15, 0.2) is 0 Å². The average molecular weight is 212 g/mol. The van der Waals surface area contributed by atoms with Crippen molar-refractivity contribution in [1.82, 2.24) is 5.73 Å². The third-order valence-corrected chi connectivity index (χ3v) is 3.14. The van der Waals surface area contributed by atoms with Crippen molar-refractivity contribution in [3.05, 3.63) is 0 Å². The van der Waals surface area contributed by atoms with Crippen molar-refractivity contribution in [2.45, 2.75) is 85.1 Å². The standard InChI is InChI=1S/C14H30N/c1-5-6-7-8-9-10-11-12-13(15)14(2,3)4/h13,15H,5-12H2,1-4H3. The van der Waals surface area contributed by atoms with Gasteiger partial charge in [-0.25, -0.2) is 0 Å². The maximum Gasteiger partial charge on any atom is 0.0261 e. The summed E-state index contributed by atoms with van der Waals surface area (Å²) in [4.78, 5) is 0. The van der Waals surface area contributed by atoms with E-state index in [1.54, 1.807) is 0 Å². The van der Waals surface area contributed by atoms with Gasteiger partial charge in [-0.05, 0) is 11.8 Å². The largest absolute Gasteiger partial charge is 0.254 e. The third kappa shape index (κ3) is 8.92. The first kappa shape index (κ1) is 15.0. The molecule has 0 amide bonds. The molecule has 0 saturated carbocycles. The Hall–Kier alpha value is -0.0400. The summed E-state index contributed by atoms with van der Waals surface area (Å²) in [5.41, 5.74) is 8.14. The van der Waals surface area contributed by atoms with Gasteiger partial charge in [0.1, 0.15) is 0 Å². The molecule has 0 bridgehead atoms. The second-order valence-corrected chi connectivity index (χ2v) is 5.83. The van der Waals surface area contributed by atoms with Crippen LogP contribution in [0.15, 0.2) is 0 Å². The van der Waals surface area contributed by atoms with Crippen LogP contribution >= 0.6 is 0 Å². The van der Waals surface area contributed by atoms with Crippen LogP contribution in [0.4, 0.5) is 0 Å². The topological polar surface area (TPSA) is 23.8 Å². The van der Waals surface area contributed by atoms with E-state index in [9.17, 15) is 0 Å². The first-order chi connectivity index (χ1) is 6.98. The lowest BCUT2D eigenvalue weighted by Gasteiger charge is -2.25. The van der Waals surface area contributed by atoms with Crippen molar-refractivity contribution < 1.29 is 0 Å². The van der Waals surface area contributed by atoms with Crippen LogP contribution < -0.4 is 5.73 Å². The summed E-state index contributed by atoms with van der Waals surface area (Å²) < 4.78 is 0. The number of hydrogen-bond acceptors (Lipinski definition) is 0. The van der Waals surface area contributed by atoms with Crippen molar-refractivity contribution in [1.29, 1.82) is 0 Å². The fourth-order valence-electron chi connectivity index (χ4n) is 1.74. The van der Waals surface area contributed by atoms with E-state index in [4.69, 9.17) is 5.73 Å². The fourth-order valence-corrected chi connectivity index (χ4v) is 1.74. The van der Waals surface area contributed by atoms with Crippen LogP contribution in [0.3, 0.4) is 0 Å². The quantitative estimate of drug-likeness (QED) is 0.515. The normalized spacial score (nSPS) is 14.2. The van der Waals surface area contributed by atoms with Crippen molar-refractivity contribution in [3.8, 4) is 0 Å². The maximum atomic E-state index is 7.97. The Labute approximate surface area is 96.8 Å². The molecule has 0 aliphatic heterocycles. The molecule has 1 heteroatoms. The van der Waals surface area contributed by atoms with Gasteiger partial charge in [-0.1, -0.05) is 72.6 Å². The molecule has 0 heterocycles. The van der Waals surface area contributed by atoms with E-state index >= 15 is 0 Å². The van der Waals surface area contributed by atoms with Crippen LogP contribution in [0.1, 0.15) is 79.1 Å². The highest BCUT2D eigenvalue weighted by molar-refractivity contribution is 4.75. The zero-order valence-corrected chi connectivity index (χ0v) is 11.2. The second kappa shape index (κ2) is 8.15. The Kier molecular flexibility index (Phi) is 8.13. The zero-order valence-electron chi connectivity index (χ0n) is 11.2. The Morgan fingerprint density at radius 2 is 1.33 bits per heavy atom. The van der Waals surface area contributed by atoms with Gasteiger partial charge in [0.05, 0.1) is 0 Å². The van der Waals surface area contributed by atoms with Gasteiger partial charge >= 0.3 is 0 Å². The smallest absolute Gasteiger partial charge is 0.0261 e. The van der Waals surface area contributed by atoms with Crippen LogP contribution in [0.5, 0.6) is 0 Å². The van der Waals surface area contributed by atoms with E-state index < -0.39 is 0 Å². The highest BCUT2D eigenvalue weighted by Crippen LogP contribution is 2.23. The number of hydrogen-bond donors (Lipinski definition) is 0. The number of rotatable bonds is 8. The maximum absolute atomic E-state index is 7.97. The Bertz CT molecular complexity index is 135. The molecule has 0 aliphatic rings. The lowest BCUT2D eigenvalue weighted by Crippen LogP contribution is -2.27. The van der Waals surface area contributed by atoms with Gasteiger partial charge in [0.2, 0.25) is 0 Å². The minimum Gasteiger partial charge on any atom is -0.254 e. The molecule has 1 N–H and O–H groups in total. The van der Waals surface area contributed by atoms with Crippen molar-refractivity contribution in [3.63, 3.8) is 0 Å². The van der Waals surface area contributed by atoms with Crippen LogP contribution in [-0.2, 0) is 0 Å². The second-order valence-electron chi connectivity index (χ2n) is 5.83. The van der Waals surface area contributed by atoms with Crippen LogP contribution in [0.2, 0.25) is 0 Å². The monoisotopic (exact) mass is 212 g/mol. The summed E-state index contributed by atoms with van der Waals surface area (Å²) in [7, 11) is 0. The van der Waals surface area contributed by atoms with Gasteiger partial charge in [-0.3, -0.25) is 5.73 Å². The van der Waals surface area contributed by atoms with Crippen molar-refractivity contribution in [2.75, 3.05) is 0 Å². The summed E-state index contributed by atoms with van der Waals surface area (Å²) in [5, 5.41) is 0. The summed E-state index contributed by atoms with van der Waals surface area (Å²) in [6.07, 6.45) is 10.6. The molecule has 1 unspecified atom stereocenters. The first-order valence-electron chi connectivity index (χ1n) is 6.69. The van der Waals surface area contributed by atoms with E-state index in [1.807, 2.05) is 0 Å². The summed E-state index contributed by atoms with van der Waals surface area (Å²) in [6, 6.07) is 0.119. The molecule has 1 nitrogen and oxygen atoms in total. The molecule has 1 radical (unpaired) electrons. The van der Waals surface area contributed by atoms with Crippen LogP contribution in [0.25, 0.3) is 0 Å². The van der Waals surface area contributed by atoms with Crippen molar-refractivity contribution in [2.24, 2.45) is 5.41 Å². The highest BCUT2D eigenvalue weighted by atomic mass is 14.7. The van der Waals surface area contributed by atoms with E-state index in [2.05, 4.69) is 27.7 Å². The van der Waals surface area contributed by atoms with E-state index in [0.29, 0.717) is 0 Å². The summed E-state index contributed by atoms with van der Waals surface area (Å²) >= 11 is 0. The SMILES string of the molecule is CCCCCCCCCC([NH])C(C)(C)C. The molecular weight excluding hydrogens is 182 g/mol. The van der Waals surface area contributed by atoms with Crippen molar-refractivity contribution >= 4 is 0 Å². The average Bonchev–Trinajstić information content (AvgIpc) is 2.14. The van der Waals surface area contributed by atoms with Gasteiger partial charge < -0.3 is 0 Å². The molecule has 91 valence electrons. The molecule has 0 aromatic heterocycles. The molecule has 1 atom stereocenters. The Balaban J connectivity index is 3.24. The van der Waals surface area contributed by atoms with Gasteiger partial charge in [-0.2, -0.15) is 0 Å². The molecule has 0 fully saturated rings. The summed E-state index contributed by atoms with van der Waals surface area (Å²) in [6.45, 7) is 8.78. The minimum atomic E-state index is 0.119. The molecule has 0 aromatic rings. The number of nitrogens with one attached hydrogen (secondary N) is 1. The molecular formula is C14H30N. The molecule has 0 spiro atoms. The van der Waals surface area contributed by atoms with E-state index in [0.717, 1.165) is 6.42 Å². The first-order valence-corrected chi connectivity index (χ1v) is 6.69. The van der Waals surface area contributed by atoms with Crippen LogP contribution in [0, 0.1) is 5.41 Å². The van der Waals surface area contributed by atoms with Gasteiger partial charge in [0.25, 0.3) is 0 Å². The lowest BCUT2D eigenvalue weighted by molar-refractivity contribution is 0.290. The highest BCUT2D eigenvalue weighted by Gasteiger charge is 2.20. The number of unbranched alkanes of at least 4 members (excludes halogenated alkanes) is 6.